The molecule has 3 aliphatic heterocycles. The molecule has 2 N–H and O–H groups in total. The lowest BCUT2D eigenvalue weighted by Gasteiger charge is -2.66. The molecule has 6 nitrogen and oxygen atoms in total. The molecule has 6 heteroatoms. The van der Waals surface area contributed by atoms with Gasteiger partial charge in [-0.1, -0.05) is 37.6 Å². The number of hydrogen-bond donors (Lipinski definition) is 2. The smallest absolute Gasteiger partial charge is 0.178 e. The van der Waals surface area contributed by atoms with Crippen LogP contribution in [0.15, 0.2) is 35.9 Å². The van der Waals surface area contributed by atoms with Crippen LogP contribution in [-0.2, 0) is 30.8 Å². The highest BCUT2D eigenvalue weighted by Gasteiger charge is 2.87. The van der Waals surface area contributed by atoms with Gasteiger partial charge in [0.15, 0.2) is 11.9 Å². The molecule has 10 atom stereocenters. The summed E-state index contributed by atoms with van der Waals surface area (Å²) in [5, 5.41) is 14.4. The van der Waals surface area contributed by atoms with Crippen LogP contribution in [0.5, 0.6) is 0 Å². The van der Waals surface area contributed by atoms with Crippen molar-refractivity contribution >= 4 is 10.9 Å². The van der Waals surface area contributed by atoms with Crippen molar-refractivity contribution < 1.29 is 24.1 Å². The van der Waals surface area contributed by atoms with Crippen LogP contribution in [0.1, 0.15) is 78.5 Å². The number of ether oxygens (including phenoxy) is 4. The first-order chi connectivity index (χ1) is 18.0. The Morgan fingerprint density at radius 1 is 1.00 bits per heavy atom. The Balaban J connectivity index is 1.22. The third-order valence-electron chi connectivity index (χ3n) is 12.0. The van der Waals surface area contributed by atoms with Crippen molar-refractivity contribution in [1.29, 1.82) is 0 Å². The Bertz CT molecular complexity index is 1380. The fraction of sp³-hybridized carbons (Fsp3) is 0.688. The zero-order valence-corrected chi connectivity index (χ0v) is 23.5. The number of hydrogen-bond acceptors (Lipinski definition) is 5. The highest BCUT2D eigenvalue weighted by molar-refractivity contribution is 5.86. The lowest BCUT2D eigenvalue weighted by molar-refractivity contribution is -0.343. The predicted molar refractivity (Wildman–Crippen MR) is 144 cm³/mol. The van der Waals surface area contributed by atoms with Crippen molar-refractivity contribution in [2.45, 2.75) is 127 Å². The molecular formula is C32H41NO5. The largest absolute Gasteiger partial charge is 0.386 e. The lowest BCUT2D eigenvalue weighted by atomic mass is 9.40. The van der Waals surface area contributed by atoms with Gasteiger partial charge in [-0.2, -0.15) is 0 Å². The minimum atomic E-state index is -1.01. The third-order valence-corrected chi connectivity index (χ3v) is 12.0. The highest BCUT2D eigenvalue weighted by atomic mass is 16.8. The third kappa shape index (κ3) is 2.54. The maximum absolute atomic E-state index is 13.1. The molecule has 1 aromatic heterocycles. The number of epoxide rings is 1. The van der Waals surface area contributed by atoms with E-state index < -0.39 is 23.1 Å². The van der Waals surface area contributed by atoms with Gasteiger partial charge in [0.1, 0.15) is 23.9 Å². The fourth-order valence-electron chi connectivity index (χ4n) is 9.97. The van der Waals surface area contributed by atoms with Gasteiger partial charge in [-0.25, -0.2) is 0 Å². The molecule has 8 rings (SSSR count). The summed E-state index contributed by atoms with van der Waals surface area (Å²) in [4.78, 5) is 3.84. The Morgan fingerprint density at radius 2 is 1.79 bits per heavy atom. The molecule has 5 fully saturated rings. The first kappa shape index (κ1) is 24.1. The lowest BCUT2D eigenvalue weighted by Crippen LogP contribution is -2.77. The summed E-state index contributed by atoms with van der Waals surface area (Å²) >= 11 is 0. The maximum Gasteiger partial charge on any atom is 0.178 e. The molecule has 38 heavy (non-hydrogen) atoms. The topological polar surface area (TPSA) is 76.2 Å². The molecule has 0 bridgehead atoms. The number of aliphatic hydroxyl groups is 1. The summed E-state index contributed by atoms with van der Waals surface area (Å²) in [6, 6.07) is 8.67. The van der Waals surface area contributed by atoms with E-state index in [9.17, 15) is 5.11 Å². The summed E-state index contributed by atoms with van der Waals surface area (Å²) in [5.41, 5.74) is 2.31. The van der Waals surface area contributed by atoms with Gasteiger partial charge < -0.3 is 29.0 Å². The summed E-state index contributed by atoms with van der Waals surface area (Å²) in [6.45, 7) is 13.1. The van der Waals surface area contributed by atoms with Crippen LogP contribution in [0.25, 0.3) is 10.9 Å². The number of nitrogens with one attached hydrogen (secondary N) is 1. The first-order valence-electron chi connectivity index (χ1n) is 14.6. The molecule has 0 radical (unpaired) electrons. The van der Waals surface area contributed by atoms with Gasteiger partial charge in [0.25, 0.3) is 0 Å². The molecule has 4 heterocycles. The molecule has 2 aromatic rings. The minimum absolute atomic E-state index is 0.165. The molecule has 3 saturated heterocycles. The second-order valence-corrected chi connectivity index (χ2v) is 14.2. The van der Waals surface area contributed by atoms with Crippen LogP contribution in [0.3, 0.4) is 0 Å². The number of H-pyrrole nitrogens is 1. The summed E-state index contributed by atoms with van der Waals surface area (Å²) in [6.07, 6.45) is 5.25. The van der Waals surface area contributed by atoms with E-state index in [2.05, 4.69) is 70.8 Å². The molecular weight excluding hydrogens is 478 g/mol. The van der Waals surface area contributed by atoms with Gasteiger partial charge >= 0.3 is 0 Å². The van der Waals surface area contributed by atoms with Gasteiger partial charge in [-0.05, 0) is 83.4 Å². The zero-order chi connectivity index (χ0) is 26.5. The molecule has 2 saturated carbocycles. The van der Waals surface area contributed by atoms with Crippen molar-refractivity contribution in [3.8, 4) is 0 Å². The van der Waals surface area contributed by atoms with Gasteiger partial charge in [0, 0.05) is 27.4 Å². The Labute approximate surface area is 225 Å². The normalized spacial score (nSPS) is 49.7. The van der Waals surface area contributed by atoms with Gasteiger partial charge in [-0.3, -0.25) is 0 Å². The van der Waals surface area contributed by atoms with Crippen LogP contribution in [0, 0.1) is 11.3 Å². The van der Waals surface area contributed by atoms with Crippen LogP contribution < -0.4 is 0 Å². The number of aromatic nitrogens is 1. The van der Waals surface area contributed by atoms with Gasteiger partial charge in [0.2, 0.25) is 0 Å². The van der Waals surface area contributed by atoms with Crippen molar-refractivity contribution in [3.05, 3.63) is 47.2 Å². The fourth-order valence-corrected chi connectivity index (χ4v) is 9.97. The zero-order valence-electron chi connectivity index (χ0n) is 23.5. The van der Waals surface area contributed by atoms with E-state index in [0.29, 0.717) is 5.92 Å². The Kier molecular flexibility index (Phi) is 4.53. The van der Waals surface area contributed by atoms with Gasteiger partial charge in [-0.15, -0.1) is 0 Å². The highest BCUT2D eigenvalue weighted by Crippen LogP contribution is 2.75. The van der Waals surface area contributed by atoms with Crippen molar-refractivity contribution in [2.75, 3.05) is 0 Å². The molecule has 6 aliphatic rings. The standard InChI is InChI=1S/C32H41NO5/c1-17(2)15-23-36-24-26(28(3,4)37-23)35-22-12-13-29(5)30(6)18(11-14-31(29,34)32(22)27(24)38-32)16-20-19-9-7-8-10-21(19)33-25(20)30/h7-10,15,18,22-24,26-27,33-34H,11-14,16H2,1-6H3/t18-,22+,23+,24+,26-,27-,29+,30-,31+,32-/m0/s1. The second kappa shape index (κ2) is 7.13. The van der Waals surface area contributed by atoms with Crippen LogP contribution in [0.4, 0.5) is 0 Å². The predicted octanol–water partition coefficient (Wildman–Crippen LogP) is 5.31. The minimum Gasteiger partial charge on any atom is -0.386 e. The first-order valence-corrected chi connectivity index (χ1v) is 14.6. The van der Waals surface area contributed by atoms with E-state index in [4.69, 9.17) is 18.9 Å². The SMILES string of the molecule is CC(C)=C[C@@H]1O[C@@H]2[C@H](O[C@@H]3CC[C@@]4(C)[C@](O)(CC[C@H]5Cc6c([nH]c7ccccc67)[C@]54C)[C@]34O[C@@H]24)C(C)(C)O1. The van der Waals surface area contributed by atoms with Crippen LogP contribution in [-0.4, -0.2) is 57.6 Å². The average Bonchev–Trinajstić information content (AvgIpc) is 3.43. The summed E-state index contributed by atoms with van der Waals surface area (Å²) < 4.78 is 26.5. The molecule has 3 aliphatic carbocycles. The van der Waals surface area contributed by atoms with E-state index in [1.54, 1.807) is 0 Å². The van der Waals surface area contributed by atoms with E-state index in [1.165, 1.54) is 22.2 Å². The van der Waals surface area contributed by atoms with Crippen LogP contribution in [0.2, 0.25) is 0 Å². The molecule has 0 unspecified atom stereocenters. The summed E-state index contributed by atoms with van der Waals surface area (Å²) in [5.74, 6) is 0.501. The number of allylic oxidation sites excluding steroid dienone is 1. The van der Waals surface area contributed by atoms with E-state index in [1.807, 2.05) is 6.08 Å². The molecule has 1 aromatic carbocycles. The number of fused-ring (bicyclic) bond motifs is 9. The van der Waals surface area contributed by atoms with E-state index in [-0.39, 0.29) is 35.2 Å². The number of para-hydroxylation sites is 1. The molecule has 0 amide bonds. The Hall–Kier alpha value is -1.70. The monoisotopic (exact) mass is 519 g/mol. The molecule has 1 spiro atoms. The van der Waals surface area contributed by atoms with E-state index in [0.717, 1.165) is 37.7 Å². The van der Waals surface area contributed by atoms with E-state index >= 15 is 0 Å². The quantitative estimate of drug-likeness (QED) is 0.394. The van der Waals surface area contributed by atoms with Crippen molar-refractivity contribution in [2.24, 2.45) is 11.3 Å². The number of benzene rings is 1. The maximum atomic E-state index is 13.1. The Morgan fingerprint density at radius 3 is 2.58 bits per heavy atom. The van der Waals surface area contributed by atoms with Crippen molar-refractivity contribution in [3.63, 3.8) is 0 Å². The summed E-state index contributed by atoms with van der Waals surface area (Å²) in [7, 11) is 0. The van der Waals surface area contributed by atoms with Crippen molar-refractivity contribution in [1.82, 2.24) is 4.98 Å². The number of rotatable bonds is 1. The molecule has 204 valence electrons. The van der Waals surface area contributed by atoms with Gasteiger partial charge in [0.05, 0.1) is 11.7 Å². The number of aromatic amines is 1. The van der Waals surface area contributed by atoms with Crippen LogP contribution >= 0.6 is 0 Å². The average molecular weight is 520 g/mol. The second-order valence-electron chi connectivity index (χ2n) is 14.2.